The normalized spacial score (nSPS) is 11.1. The van der Waals surface area contributed by atoms with Crippen molar-refractivity contribution < 1.29 is 0 Å². The molecule has 1 aromatic rings. The molecule has 0 bridgehead atoms. The molecule has 1 heteroatoms. The van der Waals surface area contributed by atoms with E-state index in [0.717, 1.165) is 0 Å². The number of aromatic nitrogens is 1. The summed E-state index contributed by atoms with van der Waals surface area (Å²) in [6.45, 7) is 7.91. The molecule has 1 rings (SSSR count). The van der Waals surface area contributed by atoms with Crippen LogP contribution < -0.4 is 0 Å². The third-order valence-corrected chi connectivity index (χ3v) is 3.90. The Kier molecular flexibility index (Phi) is 7.88. The van der Waals surface area contributed by atoms with Gasteiger partial charge in [0.05, 0.1) is 0 Å². The molecule has 1 heterocycles. The summed E-state index contributed by atoms with van der Waals surface area (Å²) in [5, 5.41) is 0. The largest absolute Gasteiger partial charge is 0.349 e. The van der Waals surface area contributed by atoms with E-state index >= 15 is 0 Å². The van der Waals surface area contributed by atoms with E-state index in [-0.39, 0.29) is 0 Å². The predicted octanol–water partition coefficient (Wildman–Crippen LogP) is 5.64. The van der Waals surface area contributed by atoms with Crippen LogP contribution in [0.15, 0.2) is 12.1 Å². The standard InChI is InChI=1S/C17H31N/c1-4-5-6-7-8-9-10-11-12-15-18-16(2)13-14-17(18)3/h13-14H,4-12,15H2,1-3H3. The summed E-state index contributed by atoms with van der Waals surface area (Å²) in [5.41, 5.74) is 2.82. The molecule has 0 N–H and O–H groups in total. The second-order valence-corrected chi connectivity index (χ2v) is 5.60. The van der Waals surface area contributed by atoms with Crippen LogP contribution in [-0.4, -0.2) is 4.57 Å². The van der Waals surface area contributed by atoms with Gasteiger partial charge in [-0.05, 0) is 32.4 Å². The second kappa shape index (κ2) is 9.24. The zero-order chi connectivity index (χ0) is 13.2. The lowest BCUT2D eigenvalue weighted by atomic mass is 10.1. The molecule has 0 spiro atoms. The average molecular weight is 249 g/mol. The summed E-state index contributed by atoms with van der Waals surface area (Å²) >= 11 is 0. The lowest BCUT2D eigenvalue weighted by Crippen LogP contribution is -2.01. The van der Waals surface area contributed by atoms with Crippen molar-refractivity contribution in [3.05, 3.63) is 23.5 Å². The van der Waals surface area contributed by atoms with Crippen molar-refractivity contribution >= 4 is 0 Å². The molecule has 1 aromatic heterocycles. The molecule has 0 fully saturated rings. The van der Waals surface area contributed by atoms with Gasteiger partial charge in [0, 0.05) is 17.9 Å². The Labute approximate surface area is 114 Å². The maximum absolute atomic E-state index is 2.45. The number of unbranched alkanes of at least 4 members (excludes halogenated alkanes) is 8. The maximum Gasteiger partial charge on any atom is 0.0224 e. The zero-order valence-corrected chi connectivity index (χ0v) is 12.7. The molecule has 0 aliphatic rings. The van der Waals surface area contributed by atoms with Crippen molar-refractivity contribution in [2.45, 2.75) is 85.1 Å². The first-order chi connectivity index (χ1) is 8.75. The Morgan fingerprint density at radius 1 is 0.722 bits per heavy atom. The molecule has 0 atom stereocenters. The van der Waals surface area contributed by atoms with Crippen molar-refractivity contribution in [2.75, 3.05) is 0 Å². The molecule has 0 aromatic carbocycles. The summed E-state index contributed by atoms with van der Waals surface area (Å²) in [7, 11) is 0. The fraction of sp³-hybridized carbons (Fsp3) is 0.765. The molecule has 1 nitrogen and oxygen atoms in total. The van der Waals surface area contributed by atoms with Crippen LogP contribution in [0.25, 0.3) is 0 Å². The highest BCUT2D eigenvalue weighted by Crippen LogP contribution is 2.12. The minimum atomic E-state index is 1.21. The first kappa shape index (κ1) is 15.3. The van der Waals surface area contributed by atoms with Crippen LogP contribution in [0.4, 0.5) is 0 Å². The predicted molar refractivity (Wildman–Crippen MR) is 81.1 cm³/mol. The fourth-order valence-corrected chi connectivity index (χ4v) is 2.63. The van der Waals surface area contributed by atoms with Gasteiger partial charge in [-0.2, -0.15) is 0 Å². The first-order valence-electron chi connectivity index (χ1n) is 7.88. The van der Waals surface area contributed by atoms with E-state index in [1.807, 2.05) is 0 Å². The van der Waals surface area contributed by atoms with Gasteiger partial charge >= 0.3 is 0 Å². The number of hydrogen-bond donors (Lipinski definition) is 0. The SMILES string of the molecule is CCCCCCCCCCCn1c(C)ccc1C. The summed E-state index contributed by atoms with van der Waals surface area (Å²) in [6, 6.07) is 4.45. The quantitative estimate of drug-likeness (QED) is 0.473. The van der Waals surface area contributed by atoms with Gasteiger partial charge in [0.25, 0.3) is 0 Å². The Hall–Kier alpha value is -0.720. The van der Waals surface area contributed by atoms with Crippen molar-refractivity contribution in [1.82, 2.24) is 4.57 Å². The van der Waals surface area contributed by atoms with Crippen molar-refractivity contribution in [3.63, 3.8) is 0 Å². The van der Waals surface area contributed by atoms with E-state index in [4.69, 9.17) is 0 Å². The second-order valence-electron chi connectivity index (χ2n) is 5.60. The van der Waals surface area contributed by atoms with Crippen LogP contribution >= 0.6 is 0 Å². The van der Waals surface area contributed by atoms with E-state index in [1.54, 1.807) is 0 Å². The maximum atomic E-state index is 2.45. The number of aryl methyl sites for hydroxylation is 2. The van der Waals surface area contributed by atoms with E-state index in [0.29, 0.717) is 0 Å². The van der Waals surface area contributed by atoms with E-state index in [1.165, 1.54) is 75.7 Å². The minimum absolute atomic E-state index is 1.21. The van der Waals surface area contributed by atoms with Crippen LogP contribution in [0.5, 0.6) is 0 Å². The molecule has 0 unspecified atom stereocenters. The van der Waals surface area contributed by atoms with Crippen molar-refractivity contribution in [1.29, 1.82) is 0 Å². The Morgan fingerprint density at radius 3 is 1.67 bits per heavy atom. The summed E-state index contributed by atoms with van der Waals surface area (Å²) in [5.74, 6) is 0. The van der Waals surface area contributed by atoms with Crippen LogP contribution in [-0.2, 0) is 6.54 Å². The molecule has 0 aliphatic heterocycles. The molecular formula is C17H31N. The van der Waals surface area contributed by atoms with Crippen molar-refractivity contribution in [2.24, 2.45) is 0 Å². The van der Waals surface area contributed by atoms with E-state index in [2.05, 4.69) is 37.5 Å². The van der Waals surface area contributed by atoms with Gasteiger partial charge in [-0.15, -0.1) is 0 Å². The molecule has 0 saturated heterocycles. The third-order valence-electron chi connectivity index (χ3n) is 3.90. The van der Waals surface area contributed by atoms with E-state index < -0.39 is 0 Å². The third kappa shape index (κ3) is 5.75. The molecule has 0 radical (unpaired) electrons. The van der Waals surface area contributed by atoms with Crippen LogP contribution in [0.2, 0.25) is 0 Å². The Bertz CT molecular complexity index is 292. The Morgan fingerprint density at radius 2 is 1.17 bits per heavy atom. The molecule has 0 saturated carbocycles. The van der Waals surface area contributed by atoms with E-state index in [9.17, 15) is 0 Å². The topological polar surface area (TPSA) is 4.93 Å². The van der Waals surface area contributed by atoms with Gasteiger partial charge in [0.2, 0.25) is 0 Å². The summed E-state index contributed by atoms with van der Waals surface area (Å²) in [6.07, 6.45) is 12.7. The minimum Gasteiger partial charge on any atom is -0.349 e. The monoisotopic (exact) mass is 249 g/mol. The van der Waals surface area contributed by atoms with Gasteiger partial charge in [-0.3, -0.25) is 0 Å². The Balaban J connectivity index is 1.96. The highest BCUT2D eigenvalue weighted by Gasteiger charge is 1.99. The highest BCUT2D eigenvalue weighted by molar-refractivity contribution is 5.13. The van der Waals surface area contributed by atoms with Crippen molar-refractivity contribution in [3.8, 4) is 0 Å². The van der Waals surface area contributed by atoms with Crippen LogP contribution in [0, 0.1) is 13.8 Å². The smallest absolute Gasteiger partial charge is 0.0224 e. The van der Waals surface area contributed by atoms with Crippen LogP contribution in [0.1, 0.15) is 76.1 Å². The number of hydrogen-bond acceptors (Lipinski definition) is 0. The molecule has 0 aliphatic carbocycles. The van der Waals surface area contributed by atoms with Gasteiger partial charge in [-0.1, -0.05) is 58.3 Å². The van der Waals surface area contributed by atoms with Crippen LogP contribution in [0.3, 0.4) is 0 Å². The highest BCUT2D eigenvalue weighted by atomic mass is 15.0. The number of nitrogens with zero attached hydrogens (tertiary/aromatic N) is 1. The zero-order valence-electron chi connectivity index (χ0n) is 12.7. The van der Waals surface area contributed by atoms with Gasteiger partial charge in [-0.25, -0.2) is 0 Å². The first-order valence-corrected chi connectivity index (χ1v) is 7.88. The average Bonchev–Trinajstić information content (AvgIpc) is 2.68. The summed E-state index contributed by atoms with van der Waals surface area (Å²) < 4.78 is 2.45. The summed E-state index contributed by atoms with van der Waals surface area (Å²) in [4.78, 5) is 0. The van der Waals surface area contributed by atoms with Gasteiger partial charge < -0.3 is 4.57 Å². The fourth-order valence-electron chi connectivity index (χ4n) is 2.63. The molecule has 104 valence electrons. The molecule has 0 amide bonds. The molecular weight excluding hydrogens is 218 g/mol. The molecule has 18 heavy (non-hydrogen) atoms. The number of rotatable bonds is 10. The lowest BCUT2D eigenvalue weighted by Gasteiger charge is -2.09. The van der Waals surface area contributed by atoms with Gasteiger partial charge in [0.1, 0.15) is 0 Å². The lowest BCUT2D eigenvalue weighted by molar-refractivity contribution is 0.532. The van der Waals surface area contributed by atoms with Gasteiger partial charge in [0.15, 0.2) is 0 Å².